The molecule has 0 radical (unpaired) electrons. The number of esters is 2. The van der Waals surface area contributed by atoms with Gasteiger partial charge in [-0.2, -0.15) is 0 Å². The zero-order chi connectivity index (χ0) is 17.9. The SMILES string of the molecule is CC(=O)OC[C@@H]1O[C@H](n2cc(CF)c(=O)[nH]c2=O)CC1OC(C)=O. The van der Waals surface area contributed by atoms with E-state index < -0.39 is 48.3 Å². The van der Waals surface area contributed by atoms with Crippen molar-refractivity contribution < 1.29 is 28.2 Å². The van der Waals surface area contributed by atoms with Crippen LogP contribution in [0.4, 0.5) is 4.39 Å². The lowest BCUT2D eigenvalue weighted by molar-refractivity contribution is -0.155. The van der Waals surface area contributed by atoms with E-state index in [1.807, 2.05) is 4.98 Å². The molecule has 0 bridgehead atoms. The number of hydrogen-bond acceptors (Lipinski definition) is 7. The second kappa shape index (κ2) is 7.39. The van der Waals surface area contributed by atoms with Gasteiger partial charge in [0.15, 0.2) is 0 Å². The van der Waals surface area contributed by atoms with Crippen LogP contribution in [0.5, 0.6) is 0 Å². The van der Waals surface area contributed by atoms with Crippen molar-refractivity contribution in [2.75, 3.05) is 6.61 Å². The van der Waals surface area contributed by atoms with E-state index in [9.17, 15) is 23.6 Å². The Bertz CT molecular complexity index is 741. The molecule has 1 saturated heterocycles. The Morgan fingerprint density at radius 1 is 1.38 bits per heavy atom. The molecule has 1 N–H and O–H groups in total. The number of H-pyrrole nitrogens is 1. The Labute approximate surface area is 135 Å². The van der Waals surface area contributed by atoms with Gasteiger partial charge in [-0.1, -0.05) is 0 Å². The molecular weight excluding hydrogens is 327 g/mol. The van der Waals surface area contributed by atoms with Crippen molar-refractivity contribution in [2.24, 2.45) is 0 Å². The third kappa shape index (κ3) is 4.07. The Morgan fingerprint density at radius 3 is 2.67 bits per heavy atom. The van der Waals surface area contributed by atoms with Crippen LogP contribution in [0.3, 0.4) is 0 Å². The van der Waals surface area contributed by atoms with Gasteiger partial charge in [-0.05, 0) is 0 Å². The minimum absolute atomic E-state index is 0.0865. The van der Waals surface area contributed by atoms with E-state index in [-0.39, 0.29) is 18.6 Å². The number of aromatic amines is 1. The number of carbonyl (C=O) groups is 2. The van der Waals surface area contributed by atoms with Crippen LogP contribution >= 0.6 is 0 Å². The lowest BCUT2D eigenvalue weighted by Crippen LogP contribution is -2.34. The first-order valence-corrected chi connectivity index (χ1v) is 7.18. The van der Waals surface area contributed by atoms with Crippen LogP contribution < -0.4 is 11.2 Å². The molecule has 10 heteroatoms. The average molecular weight is 344 g/mol. The Morgan fingerprint density at radius 2 is 2.08 bits per heavy atom. The van der Waals surface area contributed by atoms with Crippen molar-refractivity contribution in [3.05, 3.63) is 32.6 Å². The summed E-state index contributed by atoms with van der Waals surface area (Å²) in [5, 5.41) is 0. The summed E-state index contributed by atoms with van der Waals surface area (Å²) in [7, 11) is 0. The van der Waals surface area contributed by atoms with E-state index in [4.69, 9.17) is 14.2 Å². The molecular formula is C14H17FN2O7. The number of hydrogen-bond donors (Lipinski definition) is 1. The van der Waals surface area contributed by atoms with Gasteiger partial charge < -0.3 is 14.2 Å². The van der Waals surface area contributed by atoms with Crippen molar-refractivity contribution in [2.45, 2.75) is 45.4 Å². The predicted octanol–water partition coefficient (Wildman–Crippen LogP) is -0.212. The molecule has 1 aliphatic rings. The van der Waals surface area contributed by atoms with E-state index in [1.54, 1.807) is 0 Å². The highest BCUT2D eigenvalue weighted by atomic mass is 19.1. The summed E-state index contributed by atoms with van der Waals surface area (Å²) in [6.45, 7) is 1.21. The normalized spacial score (nSPS) is 23.0. The molecule has 0 aliphatic carbocycles. The Balaban J connectivity index is 2.25. The van der Waals surface area contributed by atoms with Crippen molar-refractivity contribution >= 4 is 11.9 Å². The van der Waals surface area contributed by atoms with Gasteiger partial charge in [0.25, 0.3) is 5.56 Å². The number of alkyl halides is 1. The minimum Gasteiger partial charge on any atom is -0.463 e. The highest BCUT2D eigenvalue weighted by Crippen LogP contribution is 2.30. The van der Waals surface area contributed by atoms with Gasteiger partial charge in [-0.3, -0.25) is 23.9 Å². The van der Waals surface area contributed by atoms with Crippen LogP contribution in [-0.2, 0) is 30.5 Å². The first kappa shape index (κ1) is 17.9. The monoisotopic (exact) mass is 344 g/mol. The molecule has 2 heterocycles. The molecule has 9 nitrogen and oxygen atoms in total. The summed E-state index contributed by atoms with van der Waals surface area (Å²) in [6.07, 6.45) is -1.28. The maximum absolute atomic E-state index is 12.8. The molecule has 0 aromatic carbocycles. The summed E-state index contributed by atoms with van der Waals surface area (Å²) in [5.74, 6) is -1.10. The maximum Gasteiger partial charge on any atom is 0.330 e. The summed E-state index contributed by atoms with van der Waals surface area (Å²) < 4.78 is 29.4. The van der Waals surface area contributed by atoms with Crippen LogP contribution in [0.2, 0.25) is 0 Å². The van der Waals surface area contributed by atoms with Crippen LogP contribution in [0, 0.1) is 0 Å². The summed E-state index contributed by atoms with van der Waals surface area (Å²) in [4.78, 5) is 47.4. The van der Waals surface area contributed by atoms with E-state index in [2.05, 4.69) is 0 Å². The van der Waals surface area contributed by atoms with E-state index in [0.29, 0.717) is 0 Å². The fourth-order valence-electron chi connectivity index (χ4n) is 2.39. The molecule has 3 atom stereocenters. The number of nitrogens with one attached hydrogen (secondary N) is 1. The number of carbonyl (C=O) groups excluding carboxylic acids is 2. The van der Waals surface area contributed by atoms with E-state index >= 15 is 0 Å². The summed E-state index contributed by atoms with van der Waals surface area (Å²) in [6, 6.07) is 0. The topological polar surface area (TPSA) is 117 Å². The second-order valence-corrected chi connectivity index (χ2v) is 5.27. The molecule has 24 heavy (non-hydrogen) atoms. The molecule has 0 saturated carbocycles. The van der Waals surface area contributed by atoms with Gasteiger partial charge in [0.1, 0.15) is 31.7 Å². The number of ether oxygens (including phenoxy) is 3. The summed E-state index contributed by atoms with van der Waals surface area (Å²) in [5.41, 5.74) is -1.83. The molecule has 1 aromatic rings. The maximum atomic E-state index is 12.8. The third-order valence-corrected chi connectivity index (χ3v) is 3.44. The van der Waals surface area contributed by atoms with Crippen LogP contribution in [0.1, 0.15) is 32.1 Å². The van der Waals surface area contributed by atoms with Crippen molar-refractivity contribution in [1.82, 2.24) is 9.55 Å². The molecule has 0 amide bonds. The highest BCUT2D eigenvalue weighted by Gasteiger charge is 2.39. The Kier molecular flexibility index (Phi) is 5.50. The van der Waals surface area contributed by atoms with Crippen LogP contribution in [0.15, 0.2) is 15.8 Å². The van der Waals surface area contributed by atoms with Gasteiger partial charge in [-0.25, -0.2) is 9.18 Å². The lowest BCUT2D eigenvalue weighted by atomic mass is 10.2. The average Bonchev–Trinajstić information content (AvgIpc) is 2.87. The number of halogens is 1. The van der Waals surface area contributed by atoms with Gasteiger partial charge >= 0.3 is 17.6 Å². The second-order valence-electron chi connectivity index (χ2n) is 5.27. The molecule has 2 rings (SSSR count). The predicted molar refractivity (Wildman–Crippen MR) is 76.8 cm³/mol. The Hall–Kier alpha value is -2.49. The minimum atomic E-state index is -1.05. The summed E-state index contributed by atoms with van der Waals surface area (Å²) >= 11 is 0. The zero-order valence-electron chi connectivity index (χ0n) is 13.1. The van der Waals surface area contributed by atoms with Crippen molar-refractivity contribution in [3.8, 4) is 0 Å². The molecule has 132 valence electrons. The third-order valence-electron chi connectivity index (χ3n) is 3.44. The zero-order valence-corrected chi connectivity index (χ0v) is 13.1. The van der Waals surface area contributed by atoms with Crippen LogP contribution in [-0.4, -0.2) is 40.3 Å². The standard InChI is InChI=1S/C14H17FN2O7/c1-7(18)22-6-11-10(23-8(2)19)3-12(24-11)17-5-9(4-15)13(20)16-14(17)21/h5,10-12H,3-4,6H2,1-2H3,(H,16,20,21)/t10?,11-,12-/m0/s1. The molecule has 1 aromatic heterocycles. The molecule has 1 aliphatic heterocycles. The number of aromatic nitrogens is 2. The quantitative estimate of drug-likeness (QED) is 0.734. The smallest absolute Gasteiger partial charge is 0.330 e. The van der Waals surface area contributed by atoms with Crippen molar-refractivity contribution in [3.63, 3.8) is 0 Å². The first-order valence-electron chi connectivity index (χ1n) is 7.18. The van der Waals surface area contributed by atoms with Gasteiger partial charge in [0, 0.05) is 26.5 Å². The van der Waals surface area contributed by atoms with Crippen molar-refractivity contribution in [1.29, 1.82) is 0 Å². The fraction of sp³-hybridized carbons (Fsp3) is 0.571. The van der Waals surface area contributed by atoms with Gasteiger partial charge in [0.2, 0.25) is 0 Å². The van der Waals surface area contributed by atoms with Crippen LogP contribution in [0.25, 0.3) is 0 Å². The van der Waals surface area contributed by atoms with E-state index in [0.717, 1.165) is 10.8 Å². The first-order chi connectivity index (χ1) is 11.3. The molecule has 1 fully saturated rings. The molecule has 0 spiro atoms. The molecule has 1 unspecified atom stereocenters. The van der Waals surface area contributed by atoms with E-state index in [1.165, 1.54) is 13.8 Å². The highest BCUT2D eigenvalue weighted by molar-refractivity contribution is 5.66. The van der Waals surface area contributed by atoms with Gasteiger partial charge in [0.05, 0.1) is 5.56 Å². The largest absolute Gasteiger partial charge is 0.463 e. The number of rotatable bonds is 5. The lowest BCUT2D eigenvalue weighted by Gasteiger charge is -2.17. The number of nitrogens with zero attached hydrogens (tertiary/aromatic N) is 1. The van der Waals surface area contributed by atoms with Gasteiger partial charge in [-0.15, -0.1) is 0 Å². The fourth-order valence-corrected chi connectivity index (χ4v) is 2.39.